The van der Waals surface area contributed by atoms with E-state index in [-0.39, 0.29) is 19.3 Å². The predicted octanol–water partition coefficient (Wildman–Crippen LogP) is 2.78. The van der Waals surface area contributed by atoms with Crippen molar-refractivity contribution in [1.29, 1.82) is 0 Å². The lowest BCUT2D eigenvalue weighted by molar-refractivity contribution is -0.135. The minimum atomic E-state index is -0.409. The SMILES string of the molecule is O=C1OCC(CCl)/C1=C(/Cl)c1ccc2c(c1)OCO2. The Balaban J connectivity index is 2.03. The average molecular weight is 301 g/mol. The van der Waals surface area contributed by atoms with Crippen LogP contribution in [0.15, 0.2) is 23.8 Å². The van der Waals surface area contributed by atoms with Gasteiger partial charge in [0.2, 0.25) is 6.79 Å². The third-order valence-corrected chi connectivity index (χ3v) is 3.89. The van der Waals surface area contributed by atoms with Gasteiger partial charge in [-0.05, 0) is 23.8 Å². The number of esters is 1. The Bertz CT molecular complexity index is 568. The molecule has 0 N–H and O–H groups in total. The molecule has 100 valence electrons. The second kappa shape index (κ2) is 4.94. The molecule has 0 aromatic heterocycles. The number of hydrogen-bond acceptors (Lipinski definition) is 4. The highest BCUT2D eigenvalue weighted by Gasteiger charge is 2.33. The molecule has 3 rings (SSSR count). The predicted molar refractivity (Wildman–Crippen MR) is 70.5 cm³/mol. The summed E-state index contributed by atoms with van der Waals surface area (Å²) in [7, 11) is 0. The van der Waals surface area contributed by atoms with Crippen LogP contribution in [0.1, 0.15) is 5.56 Å². The maximum absolute atomic E-state index is 11.7. The fourth-order valence-corrected chi connectivity index (χ4v) is 2.68. The maximum atomic E-state index is 11.7. The van der Waals surface area contributed by atoms with E-state index in [4.69, 9.17) is 37.4 Å². The fourth-order valence-electron chi connectivity index (χ4n) is 2.08. The molecule has 19 heavy (non-hydrogen) atoms. The summed E-state index contributed by atoms with van der Waals surface area (Å²) < 4.78 is 15.5. The van der Waals surface area contributed by atoms with Crippen LogP contribution >= 0.6 is 23.2 Å². The van der Waals surface area contributed by atoms with Gasteiger partial charge in [0, 0.05) is 11.8 Å². The van der Waals surface area contributed by atoms with E-state index in [9.17, 15) is 4.79 Å². The van der Waals surface area contributed by atoms with Gasteiger partial charge in [-0.2, -0.15) is 0 Å². The van der Waals surface area contributed by atoms with E-state index in [0.29, 0.717) is 33.5 Å². The highest BCUT2D eigenvalue weighted by Crippen LogP contribution is 2.38. The van der Waals surface area contributed by atoms with Crippen molar-refractivity contribution in [2.45, 2.75) is 0 Å². The van der Waals surface area contributed by atoms with E-state index in [1.165, 1.54) is 0 Å². The number of carbonyl (C=O) groups is 1. The van der Waals surface area contributed by atoms with Crippen LogP contribution in [0, 0.1) is 5.92 Å². The summed E-state index contributed by atoms with van der Waals surface area (Å²) in [5.41, 5.74) is 1.12. The zero-order chi connectivity index (χ0) is 13.4. The van der Waals surface area contributed by atoms with Crippen molar-refractivity contribution in [1.82, 2.24) is 0 Å². The lowest BCUT2D eigenvalue weighted by Crippen LogP contribution is -2.06. The van der Waals surface area contributed by atoms with Gasteiger partial charge in [-0.15, -0.1) is 11.6 Å². The van der Waals surface area contributed by atoms with Crippen LogP contribution in [0.4, 0.5) is 0 Å². The summed E-state index contributed by atoms with van der Waals surface area (Å²) in [6.07, 6.45) is 0. The van der Waals surface area contributed by atoms with Gasteiger partial charge in [0.15, 0.2) is 11.5 Å². The Hall–Kier alpha value is -1.39. The Kier molecular flexibility index (Phi) is 3.29. The van der Waals surface area contributed by atoms with Gasteiger partial charge in [0.1, 0.15) is 0 Å². The third-order valence-electron chi connectivity index (χ3n) is 3.09. The van der Waals surface area contributed by atoms with Crippen LogP contribution < -0.4 is 9.47 Å². The molecule has 1 atom stereocenters. The van der Waals surface area contributed by atoms with Gasteiger partial charge in [0.05, 0.1) is 17.2 Å². The van der Waals surface area contributed by atoms with Crippen molar-refractivity contribution in [3.8, 4) is 11.5 Å². The van der Waals surface area contributed by atoms with E-state index >= 15 is 0 Å². The van der Waals surface area contributed by atoms with E-state index in [0.717, 1.165) is 0 Å². The molecule has 1 aromatic carbocycles. The molecule has 0 bridgehead atoms. The molecule has 1 fully saturated rings. The molecule has 2 heterocycles. The quantitative estimate of drug-likeness (QED) is 0.479. The topological polar surface area (TPSA) is 44.8 Å². The average Bonchev–Trinajstić information content (AvgIpc) is 3.02. The largest absolute Gasteiger partial charge is 0.462 e. The summed E-state index contributed by atoms with van der Waals surface area (Å²) in [6.45, 7) is 0.470. The second-order valence-electron chi connectivity index (χ2n) is 4.25. The third kappa shape index (κ3) is 2.15. The van der Waals surface area contributed by atoms with Crippen LogP contribution in [0.5, 0.6) is 11.5 Å². The molecule has 0 amide bonds. The van der Waals surface area contributed by atoms with Crippen LogP contribution in [-0.4, -0.2) is 25.2 Å². The summed E-state index contributed by atoms with van der Waals surface area (Å²) in [6, 6.07) is 5.28. The first-order valence-electron chi connectivity index (χ1n) is 5.73. The first-order chi connectivity index (χ1) is 9.20. The molecule has 0 saturated carbocycles. The van der Waals surface area contributed by atoms with Crippen molar-refractivity contribution < 1.29 is 19.0 Å². The van der Waals surface area contributed by atoms with E-state index in [1.807, 2.05) is 0 Å². The van der Waals surface area contributed by atoms with Crippen LogP contribution in [-0.2, 0) is 9.53 Å². The van der Waals surface area contributed by atoms with Gasteiger partial charge < -0.3 is 14.2 Å². The van der Waals surface area contributed by atoms with E-state index in [1.54, 1.807) is 18.2 Å². The number of rotatable bonds is 2. The summed E-state index contributed by atoms with van der Waals surface area (Å²) >= 11 is 12.1. The first kappa shape index (κ1) is 12.6. The van der Waals surface area contributed by atoms with Crippen LogP contribution in [0.3, 0.4) is 0 Å². The normalized spacial score (nSPS) is 23.5. The van der Waals surface area contributed by atoms with Crippen molar-refractivity contribution in [3.05, 3.63) is 29.3 Å². The van der Waals surface area contributed by atoms with Gasteiger partial charge in [-0.1, -0.05) is 11.6 Å². The highest BCUT2D eigenvalue weighted by atomic mass is 35.5. The molecule has 1 unspecified atom stereocenters. The van der Waals surface area contributed by atoms with Gasteiger partial charge in [-0.3, -0.25) is 0 Å². The molecule has 2 aliphatic heterocycles. The second-order valence-corrected chi connectivity index (χ2v) is 4.93. The minimum absolute atomic E-state index is 0.174. The number of alkyl halides is 1. The molecule has 0 radical (unpaired) electrons. The minimum Gasteiger partial charge on any atom is -0.462 e. The Morgan fingerprint density at radius 3 is 2.84 bits per heavy atom. The van der Waals surface area contributed by atoms with E-state index in [2.05, 4.69) is 0 Å². The molecule has 6 heteroatoms. The van der Waals surface area contributed by atoms with Crippen molar-refractivity contribution in [2.75, 3.05) is 19.3 Å². The molecule has 4 nitrogen and oxygen atoms in total. The Morgan fingerprint density at radius 2 is 2.05 bits per heavy atom. The molecular formula is C13H10Cl2O4. The van der Waals surface area contributed by atoms with Crippen molar-refractivity contribution in [2.24, 2.45) is 5.92 Å². The van der Waals surface area contributed by atoms with E-state index < -0.39 is 5.97 Å². The lowest BCUT2D eigenvalue weighted by atomic mass is 10.0. The first-order valence-corrected chi connectivity index (χ1v) is 6.64. The fraction of sp³-hybridized carbons (Fsp3) is 0.308. The zero-order valence-electron chi connectivity index (χ0n) is 9.82. The number of ether oxygens (including phenoxy) is 3. The lowest BCUT2D eigenvalue weighted by Gasteiger charge is -2.07. The number of benzene rings is 1. The molecule has 1 saturated heterocycles. The zero-order valence-corrected chi connectivity index (χ0v) is 11.3. The smallest absolute Gasteiger partial charge is 0.336 e. The summed E-state index contributed by atoms with van der Waals surface area (Å²) in [4.78, 5) is 11.7. The monoisotopic (exact) mass is 300 g/mol. The van der Waals surface area contributed by atoms with Gasteiger partial charge in [-0.25, -0.2) is 4.79 Å². The molecular weight excluding hydrogens is 291 g/mol. The molecule has 0 aliphatic carbocycles. The van der Waals surface area contributed by atoms with Crippen molar-refractivity contribution in [3.63, 3.8) is 0 Å². The number of carbonyl (C=O) groups excluding carboxylic acids is 1. The summed E-state index contributed by atoms with van der Waals surface area (Å²) in [5.74, 6) is 0.994. The number of hydrogen-bond donors (Lipinski definition) is 0. The number of fused-ring (bicyclic) bond motifs is 1. The Morgan fingerprint density at radius 1 is 1.26 bits per heavy atom. The number of cyclic esters (lactones) is 1. The maximum Gasteiger partial charge on any atom is 0.336 e. The van der Waals surface area contributed by atoms with Gasteiger partial charge >= 0.3 is 5.97 Å². The standard InChI is InChI=1S/C13H10Cl2O4/c14-4-8-5-17-13(16)11(8)12(15)7-1-2-9-10(3-7)19-6-18-9/h1-3,8H,4-6H2/b12-11-. The molecule has 1 aromatic rings. The highest BCUT2D eigenvalue weighted by molar-refractivity contribution is 6.51. The van der Waals surface area contributed by atoms with Gasteiger partial charge in [0.25, 0.3) is 0 Å². The Labute approximate surface area is 119 Å². The molecule has 2 aliphatic rings. The molecule has 0 spiro atoms. The summed E-state index contributed by atoms with van der Waals surface area (Å²) in [5, 5.41) is 0.353. The van der Waals surface area contributed by atoms with Crippen LogP contribution in [0.25, 0.3) is 5.03 Å². The number of halogens is 2. The van der Waals surface area contributed by atoms with Crippen molar-refractivity contribution >= 4 is 34.2 Å². The van der Waals surface area contributed by atoms with Crippen LogP contribution in [0.2, 0.25) is 0 Å².